The molecule has 4 heteroatoms. The number of esters is 2. The summed E-state index contributed by atoms with van der Waals surface area (Å²) < 4.78 is 10.8. The average molecular weight is 378 g/mol. The first-order chi connectivity index (χ1) is 13.2. The van der Waals surface area contributed by atoms with Crippen molar-refractivity contribution >= 4 is 11.9 Å². The molecule has 0 spiro atoms. The Balaban J connectivity index is 2.35. The second-order valence-corrected chi connectivity index (χ2v) is 6.90. The summed E-state index contributed by atoms with van der Waals surface area (Å²) in [6.45, 7) is 14.5. The predicted octanol–water partition coefficient (Wildman–Crippen LogP) is 5.58. The molecule has 0 amide bonds. The van der Waals surface area contributed by atoms with Gasteiger partial charge in [-0.1, -0.05) is 38.6 Å². The zero-order chi connectivity index (χ0) is 20.8. The standard InChI is InChI=1S/C24H26O4/c1-7-8-19-14-20(13-17(6)22(19)28-24(26)16(4)5)18-9-11-21(12-10-18)27-23(25)15(2)3/h9-14H,2,4,7-8H2,1,3,5-6H3. The second-order valence-electron chi connectivity index (χ2n) is 6.90. The molecule has 0 heterocycles. The van der Waals surface area contributed by atoms with E-state index in [0.29, 0.717) is 22.6 Å². The topological polar surface area (TPSA) is 52.6 Å². The molecule has 0 saturated carbocycles. The van der Waals surface area contributed by atoms with Crippen LogP contribution < -0.4 is 9.47 Å². The van der Waals surface area contributed by atoms with Crippen molar-refractivity contribution < 1.29 is 19.1 Å². The smallest absolute Gasteiger partial charge is 0.338 e. The minimum atomic E-state index is -0.447. The summed E-state index contributed by atoms with van der Waals surface area (Å²) in [5.41, 5.74) is 4.56. The van der Waals surface area contributed by atoms with Gasteiger partial charge in [0, 0.05) is 11.1 Å². The number of hydrogen-bond acceptors (Lipinski definition) is 4. The van der Waals surface area contributed by atoms with Gasteiger partial charge in [0.15, 0.2) is 0 Å². The van der Waals surface area contributed by atoms with Crippen molar-refractivity contribution in [3.63, 3.8) is 0 Å². The summed E-state index contributed by atoms with van der Waals surface area (Å²) >= 11 is 0. The molecule has 0 fully saturated rings. The molecule has 0 saturated heterocycles. The molecule has 4 nitrogen and oxygen atoms in total. The number of carbonyl (C=O) groups is 2. The van der Waals surface area contributed by atoms with Gasteiger partial charge in [-0.15, -0.1) is 0 Å². The van der Waals surface area contributed by atoms with E-state index in [1.54, 1.807) is 26.0 Å². The van der Waals surface area contributed by atoms with E-state index in [4.69, 9.17) is 9.47 Å². The molecule has 0 unspecified atom stereocenters. The summed E-state index contributed by atoms with van der Waals surface area (Å²) in [4.78, 5) is 23.6. The Hall–Kier alpha value is -3.14. The summed E-state index contributed by atoms with van der Waals surface area (Å²) in [6.07, 6.45) is 1.72. The highest BCUT2D eigenvalue weighted by molar-refractivity contribution is 5.89. The zero-order valence-electron chi connectivity index (χ0n) is 16.9. The van der Waals surface area contributed by atoms with Crippen LogP contribution in [0.4, 0.5) is 0 Å². The van der Waals surface area contributed by atoms with Crippen LogP contribution in [0.1, 0.15) is 38.3 Å². The molecule has 2 rings (SSSR count). The van der Waals surface area contributed by atoms with E-state index >= 15 is 0 Å². The van der Waals surface area contributed by atoms with Gasteiger partial charge in [-0.2, -0.15) is 0 Å². The largest absolute Gasteiger partial charge is 0.423 e. The maximum Gasteiger partial charge on any atom is 0.338 e. The fourth-order valence-corrected chi connectivity index (χ4v) is 2.70. The van der Waals surface area contributed by atoms with Crippen molar-refractivity contribution in [2.45, 2.75) is 40.5 Å². The predicted molar refractivity (Wildman–Crippen MR) is 112 cm³/mol. The highest BCUT2D eigenvalue weighted by Crippen LogP contribution is 2.33. The maximum absolute atomic E-state index is 12.0. The first-order valence-corrected chi connectivity index (χ1v) is 9.22. The van der Waals surface area contributed by atoms with E-state index < -0.39 is 11.9 Å². The maximum atomic E-state index is 12.0. The normalized spacial score (nSPS) is 10.3. The van der Waals surface area contributed by atoms with Crippen LogP contribution in [0.3, 0.4) is 0 Å². The summed E-state index contributed by atoms with van der Waals surface area (Å²) in [5, 5.41) is 0. The Labute approximate surface area is 166 Å². The number of aryl methyl sites for hydroxylation is 2. The van der Waals surface area contributed by atoms with Gasteiger partial charge in [-0.05, 0) is 73.7 Å². The van der Waals surface area contributed by atoms with E-state index in [1.165, 1.54) is 0 Å². The molecule has 0 atom stereocenters. The number of carbonyl (C=O) groups excluding carboxylic acids is 2. The molecule has 2 aromatic rings. The Kier molecular flexibility index (Phi) is 6.94. The molecule has 0 bridgehead atoms. The Morgan fingerprint density at radius 2 is 1.46 bits per heavy atom. The zero-order valence-corrected chi connectivity index (χ0v) is 16.9. The number of rotatable bonds is 7. The van der Waals surface area contributed by atoms with Crippen LogP contribution >= 0.6 is 0 Å². The van der Waals surface area contributed by atoms with Crippen molar-refractivity contribution in [3.8, 4) is 22.6 Å². The van der Waals surface area contributed by atoms with Crippen LogP contribution in [-0.4, -0.2) is 11.9 Å². The SMILES string of the molecule is C=C(C)C(=O)Oc1ccc(-c2cc(C)c(OC(=O)C(=C)C)c(CCC)c2)cc1. The Bertz CT molecular complexity index is 920. The fraction of sp³-hybridized carbons (Fsp3) is 0.250. The van der Waals surface area contributed by atoms with Crippen LogP contribution in [0.25, 0.3) is 11.1 Å². The van der Waals surface area contributed by atoms with Gasteiger partial charge in [0.1, 0.15) is 11.5 Å². The van der Waals surface area contributed by atoms with Gasteiger partial charge in [-0.25, -0.2) is 9.59 Å². The van der Waals surface area contributed by atoms with E-state index in [0.717, 1.165) is 35.1 Å². The van der Waals surface area contributed by atoms with E-state index in [2.05, 4.69) is 20.1 Å². The summed E-state index contributed by atoms with van der Waals surface area (Å²) in [7, 11) is 0. The van der Waals surface area contributed by atoms with Crippen molar-refractivity contribution in [3.05, 3.63) is 71.8 Å². The lowest BCUT2D eigenvalue weighted by Gasteiger charge is -2.15. The van der Waals surface area contributed by atoms with Crippen LogP contribution in [0.5, 0.6) is 11.5 Å². The summed E-state index contributed by atoms with van der Waals surface area (Å²) in [6, 6.07) is 11.3. The molecule has 0 N–H and O–H groups in total. The van der Waals surface area contributed by atoms with E-state index in [1.807, 2.05) is 31.2 Å². The van der Waals surface area contributed by atoms with Crippen LogP contribution in [0.2, 0.25) is 0 Å². The highest BCUT2D eigenvalue weighted by atomic mass is 16.5. The molecular weight excluding hydrogens is 352 g/mol. The van der Waals surface area contributed by atoms with Gasteiger partial charge >= 0.3 is 11.9 Å². The van der Waals surface area contributed by atoms with Crippen molar-refractivity contribution in [2.24, 2.45) is 0 Å². The third-order valence-corrected chi connectivity index (χ3v) is 4.16. The minimum Gasteiger partial charge on any atom is -0.423 e. The fourth-order valence-electron chi connectivity index (χ4n) is 2.70. The lowest BCUT2D eigenvalue weighted by molar-refractivity contribution is -0.131. The molecule has 0 aliphatic carbocycles. The van der Waals surface area contributed by atoms with Crippen LogP contribution in [0, 0.1) is 6.92 Å². The van der Waals surface area contributed by atoms with Gasteiger partial charge in [-0.3, -0.25) is 0 Å². The number of ether oxygens (including phenoxy) is 2. The van der Waals surface area contributed by atoms with Crippen molar-refractivity contribution in [1.29, 1.82) is 0 Å². The average Bonchev–Trinajstić information content (AvgIpc) is 2.64. The molecule has 0 aromatic heterocycles. The minimum absolute atomic E-state index is 0.351. The van der Waals surface area contributed by atoms with E-state index in [-0.39, 0.29) is 0 Å². The molecule has 0 radical (unpaired) electrons. The van der Waals surface area contributed by atoms with Crippen molar-refractivity contribution in [1.82, 2.24) is 0 Å². The summed E-state index contributed by atoms with van der Waals surface area (Å²) in [5.74, 6) is 0.203. The lowest BCUT2D eigenvalue weighted by atomic mass is 9.97. The third kappa shape index (κ3) is 5.19. The first-order valence-electron chi connectivity index (χ1n) is 9.22. The quantitative estimate of drug-likeness (QED) is 0.359. The Morgan fingerprint density at radius 3 is 2.00 bits per heavy atom. The molecule has 146 valence electrons. The van der Waals surface area contributed by atoms with Crippen LogP contribution in [0.15, 0.2) is 60.7 Å². The molecule has 0 aliphatic heterocycles. The van der Waals surface area contributed by atoms with E-state index in [9.17, 15) is 9.59 Å². The van der Waals surface area contributed by atoms with Gasteiger partial charge in [0.05, 0.1) is 0 Å². The molecule has 2 aromatic carbocycles. The highest BCUT2D eigenvalue weighted by Gasteiger charge is 2.15. The molecule has 0 aliphatic rings. The van der Waals surface area contributed by atoms with Gasteiger partial charge < -0.3 is 9.47 Å². The number of hydrogen-bond donors (Lipinski definition) is 0. The third-order valence-electron chi connectivity index (χ3n) is 4.16. The molecule has 28 heavy (non-hydrogen) atoms. The molecular formula is C24H26O4. The lowest BCUT2D eigenvalue weighted by Crippen LogP contribution is -2.11. The van der Waals surface area contributed by atoms with Gasteiger partial charge in [0.2, 0.25) is 0 Å². The second kappa shape index (κ2) is 9.18. The van der Waals surface area contributed by atoms with Crippen molar-refractivity contribution in [2.75, 3.05) is 0 Å². The van der Waals surface area contributed by atoms with Gasteiger partial charge in [0.25, 0.3) is 0 Å². The first kappa shape index (κ1) is 21.2. The monoisotopic (exact) mass is 378 g/mol. The van der Waals surface area contributed by atoms with Crippen LogP contribution in [-0.2, 0) is 16.0 Å². The Morgan fingerprint density at radius 1 is 0.893 bits per heavy atom. The number of benzene rings is 2.